The molecule has 0 radical (unpaired) electrons. The Morgan fingerprint density at radius 3 is 2.67 bits per heavy atom. The number of hydrogen-bond acceptors (Lipinski definition) is 4. The van der Waals surface area contributed by atoms with E-state index in [1.165, 1.54) is 31.9 Å². The lowest BCUT2D eigenvalue weighted by atomic mass is 9.90. The summed E-state index contributed by atoms with van der Waals surface area (Å²) >= 11 is 0. The first kappa shape index (κ1) is 15.9. The molecule has 1 N–H and O–H groups in total. The summed E-state index contributed by atoms with van der Waals surface area (Å²) in [5, 5.41) is 3.58. The first-order chi connectivity index (χ1) is 8.42. The van der Waals surface area contributed by atoms with E-state index in [1.807, 2.05) is 0 Å². The number of hydrogen-bond donors (Lipinski definition) is 1. The third-order valence-corrected chi connectivity index (χ3v) is 4.69. The quantitative estimate of drug-likeness (QED) is 0.761. The second-order valence-corrected chi connectivity index (χ2v) is 7.84. The van der Waals surface area contributed by atoms with Crippen molar-refractivity contribution >= 4 is 9.84 Å². The van der Waals surface area contributed by atoms with Gasteiger partial charge in [0.2, 0.25) is 0 Å². The zero-order chi connectivity index (χ0) is 13.6. The maximum Gasteiger partial charge on any atom is 0.148 e. The van der Waals surface area contributed by atoms with Crippen molar-refractivity contribution in [3.8, 4) is 0 Å². The molecule has 0 heterocycles. The van der Waals surface area contributed by atoms with E-state index in [2.05, 4.69) is 24.2 Å². The van der Waals surface area contributed by atoms with E-state index in [-0.39, 0.29) is 5.75 Å². The van der Waals surface area contributed by atoms with Gasteiger partial charge in [-0.3, -0.25) is 0 Å². The van der Waals surface area contributed by atoms with Crippen LogP contribution in [-0.2, 0) is 9.84 Å². The minimum absolute atomic E-state index is 0.271. The highest BCUT2D eigenvalue weighted by molar-refractivity contribution is 7.90. The van der Waals surface area contributed by atoms with Gasteiger partial charge in [0.1, 0.15) is 9.84 Å². The summed E-state index contributed by atoms with van der Waals surface area (Å²) in [5.74, 6) is 0.271. The molecule has 0 spiro atoms. The molecule has 0 saturated heterocycles. The zero-order valence-corrected chi connectivity index (χ0v) is 12.8. The molecule has 18 heavy (non-hydrogen) atoms. The molecule has 0 aromatic heterocycles. The third kappa shape index (κ3) is 6.16. The lowest BCUT2D eigenvalue weighted by molar-refractivity contribution is 0.177. The minimum atomic E-state index is -2.84. The first-order valence-corrected chi connectivity index (χ1v) is 9.09. The SMILES string of the molecule is CCCNC1CCCC(N(C)CCS(C)(=O)=O)C1. The highest BCUT2D eigenvalue weighted by Gasteiger charge is 2.24. The van der Waals surface area contributed by atoms with Crippen molar-refractivity contribution < 1.29 is 8.42 Å². The van der Waals surface area contributed by atoms with Gasteiger partial charge in [-0.05, 0) is 39.3 Å². The van der Waals surface area contributed by atoms with Gasteiger partial charge in [0.15, 0.2) is 0 Å². The summed E-state index contributed by atoms with van der Waals surface area (Å²) < 4.78 is 22.4. The summed E-state index contributed by atoms with van der Waals surface area (Å²) in [7, 11) is -0.789. The largest absolute Gasteiger partial charge is 0.314 e. The molecule has 2 unspecified atom stereocenters. The lowest BCUT2D eigenvalue weighted by Gasteiger charge is -2.35. The predicted molar refractivity (Wildman–Crippen MR) is 76.7 cm³/mol. The number of nitrogens with one attached hydrogen (secondary N) is 1. The van der Waals surface area contributed by atoms with Crippen molar-refractivity contribution in [3.63, 3.8) is 0 Å². The molecular formula is C13H28N2O2S. The third-order valence-electron chi connectivity index (χ3n) is 3.77. The van der Waals surface area contributed by atoms with Gasteiger partial charge in [0, 0.05) is 24.9 Å². The summed E-state index contributed by atoms with van der Waals surface area (Å²) in [4.78, 5) is 2.22. The summed E-state index contributed by atoms with van der Waals surface area (Å²) in [6.07, 6.45) is 7.34. The lowest BCUT2D eigenvalue weighted by Crippen LogP contribution is -2.44. The van der Waals surface area contributed by atoms with Gasteiger partial charge >= 0.3 is 0 Å². The maximum absolute atomic E-state index is 11.2. The van der Waals surface area contributed by atoms with Crippen molar-refractivity contribution in [1.29, 1.82) is 0 Å². The summed E-state index contributed by atoms with van der Waals surface area (Å²) in [5.41, 5.74) is 0. The fourth-order valence-corrected chi connectivity index (χ4v) is 3.21. The van der Waals surface area contributed by atoms with Gasteiger partial charge in [-0.1, -0.05) is 13.3 Å². The van der Waals surface area contributed by atoms with Crippen LogP contribution in [-0.4, -0.2) is 57.5 Å². The smallest absolute Gasteiger partial charge is 0.148 e. The average molecular weight is 276 g/mol. The molecule has 1 fully saturated rings. The Balaban J connectivity index is 2.35. The van der Waals surface area contributed by atoms with Crippen molar-refractivity contribution in [1.82, 2.24) is 10.2 Å². The molecule has 1 saturated carbocycles. The van der Waals surface area contributed by atoms with E-state index in [9.17, 15) is 8.42 Å². The molecule has 1 aliphatic carbocycles. The van der Waals surface area contributed by atoms with Crippen molar-refractivity contribution in [2.45, 2.75) is 51.1 Å². The second kappa shape index (κ2) is 7.46. The van der Waals surface area contributed by atoms with E-state index in [0.717, 1.165) is 13.0 Å². The van der Waals surface area contributed by atoms with Crippen LogP contribution in [0.15, 0.2) is 0 Å². The summed E-state index contributed by atoms with van der Waals surface area (Å²) in [6.45, 7) is 3.93. The van der Waals surface area contributed by atoms with Crippen LogP contribution in [0.3, 0.4) is 0 Å². The minimum Gasteiger partial charge on any atom is -0.314 e. The van der Waals surface area contributed by atoms with Crippen LogP contribution in [0.4, 0.5) is 0 Å². The molecule has 0 amide bonds. The van der Waals surface area contributed by atoms with Gasteiger partial charge in [-0.2, -0.15) is 0 Å². The van der Waals surface area contributed by atoms with Crippen LogP contribution in [0.5, 0.6) is 0 Å². The fraction of sp³-hybridized carbons (Fsp3) is 1.00. The standard InChI is InChI=1S/C13H28N2O2S/c1-4-8-14-12-6-5-7-13(11-12)15(2)9-10-18(3,16)17/h12-14H,4-11H2,1-3H3. The molecule has 1 rings (SSSR count). The first-order valence-electron chi connectivity index (χ1n) is 7.03. The van der Waals surface area contributed by atoms with Crippen LogP contribution in [0, 0.1) is 0 Å². The molecule has 0 aromatic rings. The van der Waals surface area contributed by atoms with Gasteiger partial charge in [0.05, 0.1) is 5.75 Å². The molecule has 0 bridgehead atoms. The van der Waals surface area contributed by atoms with Gasteiger partial charge in [-0.15, -0.1) is 0 Å². The van der Waals surface area contributed by atoms with E-state index < -0.39 is 9.84 Å². The highest BCUT2D eigenvalue weighted by Crippen LogP contribution is 2.22. The Labute approximate surface area is 112 Å². The molecular weight excluding hydrogens is 248 g/mol. The number of rotatable bonds is 7. The van der Waals surface area contributed by atoms with Gasteiger partial charge < -0.3 is 10.2 Å². The Morgan fingerprint density at radius 2 is 2.06 bits per heavy atom. The van der Waals surface area contributed by atoms with Crippen LogP contribution in [0.1, 0.15) is 39.0 Å². The average Bonchev–Trinajstić information content (AvgIpc) is 2.33. The van der Waals surface area contributed by atoms with E-state index in [0.29, 0.717) is 18.6 Å². The predicted octanol–water partition coefficient (Wildman–Crippen LogP) is 1.27. The van der Waals surface area contributed by atoms with Gasteiger partial charge in [-0.25, -0.2) is 8.42 Å². The molecule has 4 nitrogen and oxygen atoms in total. The molecule has 0 aliphatic heterocycles. The maximum atomic E-state index is 11.2. The van der Waals surface area contributed by atoms with E-state index in [1.54, 1.807) is 0 Å². The van der Waals surface area contributed by atoms with Crippen LogP contribution < -0.4 is 5.32 Å². The summed E-state index contributed by atoms with van der Waals surface area (Å²) in [6, 6.07) is 1.15. The van der Waals surface area contributed by atoms with Gasteiger partial charge in [0.25, 0.3) is 0 Å². The van der Waals surface area contributed by atoms with E-state index in [4.69, 9.17) is 0 Å². The molecule has 108 valence electrons. The van der Waals surface area contributed by atoms with Crippen LogP contribution >= 0.6 is 0 Å². The number of sulfone groups is 1. The normalized spacial score (nSPS) is 25.6. The number of nitrogens with zero attached hydrogens (tertiary/aromatic N) is 1. The molecule has 2 atom stereocenters. The fourth-order valence-electron chi connectivity index (χ4n) is 2.59. The highest BCUT2D eigenvalue weighted by atomic mass is 32.2. The Bertz CT molecular complexity index is 330. The van der Waals surface area contributed by atoms with E-state index >= 15 is 0 Å². The van der Waals surface area contributed by atoms with Crippen LogP contribution in [0.25, 0.3) is 0 Å². The van der Waals surface area contributed by atoms with Crippen molar-refractivity contribution in [3.05, 3.63) is 0 Å². The molecule has 1 aliphatic rings. The Hall–Kier alpha value is -0.130. The van der Waals surface area contributed by atoms with Crippen LogP contribution in [0.2, 0.25) is 0 Å². The zero-order valence-electron chi connectivity index (χ0n) is 12.0. The molecule has 0 aromatic carbocycles. The Morgan fingerprint density at radius 1 is 1.33 bits per heavy atom. The molecule has 5 heteroatoms. The monoisotopic (exact) mass is 276 g/mol. The second-order valence-electron chi connectivity index (χ2n) is 5.58. The van der Waals surface area contributed by atoms with Crippen molar-refractivity contribution in [2.24, 2.45) is 0 Å². The Kier molecular flexibility index (Phi) is 6.60. The topological polar surface area (TPSA) is 49.4 Å². The van der Waals surface area contributed by atoms with Crippen molar-refractivity contribution in [2.75, 3.05) is 32.1 Å².